The van der Waals surface area contributed by atoms with E-state index in [4.69, 9.17) is 0 Å². The quantitative estimate of drug-likeness (QED) is 0.911. The van der Waals surface area contributed by atoms with Crippen molar-refractivity contribution in [2.24, 2.45) is 0 Å². The summed E-state index contributed by atoms with van der Waals surface area (Å²) in [5, 5.41) is 7.74. The molecule has 0 aliphatic carbocycles. The van der Waals surface area contributed by atoms with Gasteiger partial charge in [-0.2, -0.15) is 0 Å². The van der Waals surface area contributed by atoms with Crippen LogP contribution in [0.15, 0.2) is 12.1 Å². The van der Waals surface area contributed by atoms with Gasteiger partial charge in [0.2, 0.25) is 0 Å². The summed E-state index contributed by atoms with van der Waals surface area (Å²) in [4.78, 5) is 1.25. The average Bonchev–Trinajstić information content (AvgIpc) is 2.85. The van der Waals surface area contributed by atoms with Gasteiger partial charge >= 0.3 is 0 Å². The van der Waals surface area contributed by atoms with Crippen LogP contribution in [-0.4, -0.2) is 16.6 Å². The van der Waals surface area contributed by atoms with Gasteiger partial charge in [-0.05, 0) is 68.0 Å². The van der Waals surface area contributed by atoms with Crippen molar-refractivity contribution in [3.63, 3.8) is 0 Å². The van der Waals surface area contributed by atoms with Gasteiger partial charge in [0, 0.05) is 0 Å². The first-order chi connectivity index (χ1) is 9.58. The second-order valence-electron chi connectivity index (χ2n) is 5.35. The standard InChI is InChI=1S/C16H23N3S/c1-6-7-14-16(20-19-18-14)15(17-5)13-9-11(3)10(2)8-12(13)4/h8-9,15,17H,6-7H2,1-5H3. The lowest BCUT2D eigenvalue weighted by Gasteiger charge is -2.19. The SMILES string of the molecule is CCCc1nnsc1C(NC)c1cc(C)c(C)cc1C. The molecule has 20 heavy (non-hydrogen) atoms. The molecular formula is C16H23N3S. The molecule has 1 unspecified atom stereocenters. The van der Waals surface area contributed by atoms with E-state index in [0.717, 1.165) is 18.5 Å². The molecule has 0 fully saturated rings. The van der Waals surface area contributed by atoms with E-state index in [2.05, 4.69) is 54.7 Å². The van der Waals surface area contributed by atoms with Gasteiger partial charge in [-0.25, -0.2) is 0 Å². The van der Waals surface area contributed by atoms with Crippen molar-refractivity contribution < 1.29 is 0 Å². The van der Waals surface area contributed by atoms with Crippen LogP contribution in [0, 0.1) is 20.8 Å². The van der Waals surface area contributed by atoms with Crippen LogP contribution in [-0.2, 0) is 6.42 Å². The van der Waals surface area contributed by atoms with E-state index in [1.807, 2.05) is 7.05 Å². The van der Waals surface area contributed by atoms with E-state index in [1.165, 1.54) is 38.7 Å². The molecule has 0 saturated carbocycles. The summed E-state index contributed by atoms with van der Waals surface area (Å²) in [7, 11) is 2.01. The van der Waals surface area contributed by atoms with Gasteiger partial charge in [-0.3, -0.25) is 0 Å². The zero-order valence-electron chi connectivity index (χ0n) is 12.9. The molecule has 4 heteroatoms. The van der Waals surface area contributed by atoms with Crippen LogP contribution >= 0.6 is 11.5 Å². The van der Waals surface area contributed by atoms with Gasteiger partial charge in [0.15, 0.2) is 0 Å². The van der Waals surface area contributed by atoms with Crippen LogP contribution in [0.2, 0.25) is 0 Å². The number of aryl methyl sites for hydroxylation is 4. The van der Waals surface area contributed by atoms with Gasteiger partial charge in [0.1, 0.15) is 0 Å². The van der Waals surface area contributed by atoms with Gasteiger partial charge in [-0.15, -0.1) is 5.10 Å². The Morgan fingerprint density at radius 1 is 1.15 bits per heavy atom. The monoisotopic (exact) mass is 289 g/mol. The highest BCUT2D eigenvalue weighted by atomic mass is 32.1. The Kier molecular flexibility index (Phi) is 4.89. The third-order valence-corrected chi connectivity index (χ3v) is 4.65. The number of aromatic nitrogens is 2. The topological polar surface area (TPSA) is 37.8 Å². The Bertz CT molecular complexity index is 589. The second-order valence-corrected chi connectivity index (χ2v) is 6.13. The molecule has 0 saturated heterocycles. The molecule has 0 aliphatic heterocycles. The molecular weight excluding hydrogens is 266 g/mol. The largest absolute Gasteiger partial charge is 0.309 e. The molecule has 3 nitrogen and oxygen atoms in total. The maximum Gasteiger partial charge on any atom is 0.0807 e. The van der Waals surface area contributed by atoms with Crippen molar-refractivity contribution in [3.05, 3.63) is 45.0 Å². The number of benzene rings is 1. The summed E-state index contributed by atoms with van der Waals surface area (Å²) < 4.78 is 4.16. The van der Waals surface area contributed by atoms with Crippen molar-refractivity contribution in [3.8, 4) is 0 Å². The van der Waals surface area contributed by atoms with E-state index in [-0.39, 0.29) is 6.04 Å². The lowest BCUT2D eigenvalue weighted by Crippen LogP contribution is -2.19. The van der Waals surface area contributed by atoms with Crippen LogP contribution in [0.4, 0.5) is 0 Å². The fourth-order valence-corrected chi connectivity index (χ4v) is 3.39. The molecule has 108 valence electrons. The third kappa shape index (κ3) is 2.91. The van der Waals surface area contributed by atoms with Crippen molar-refractivity contribution in [1.82, 2.24) is 14.9 Å². The lowest BCUT2D eigenvalue weighted by atomic mass is 9.94. The van der Waals surface area contributed by atoms with E-state index in [0.29, 0.717) is 0 Å². The fourth-order valence-electron chi connectivity index (χ4n) is 2.57. The third-order valence-electron chi connectivity index (χ3n) is 3.82. The van der Waals surface area contributed by atoms with E-state index in [9.17, 15) is 0 Å². The minimum Gasteiger partial charge on any atom is -0.309 e. The van der Waals surface area contributed by atoms with E-state index >= 15 is 0 Å². The zero-order chi connectivity index (χ0) is 14.7. The number of rotatable bonds is 5. The Balaban J connectivity index is 2.47. The van der Waals surface area contributed by atoms with Crippen molar-refractivity contribution in [1.29, 1.82) is 0 Å². The molecule has 2 rings (SSSR count). The Morgan fingerprint density at radius 2 is 1.85 bits per heavy atom. The highest BCUT2D eigenvalue weighted by Crippen LogP contribution is 2.31. The molecule has 2 aromatic rings. The Morgan fingerprint density at radius 3 is 2.50 bits per heavy atom. The summed E-state index contributed by atoms with van der Waals surface area (Å²) in [6.45, 7) is 8.69. The normalized spacial score (nSPS) is 12.7. The van der Waals surface area contributed by atoms with Crippen LogP contribution in [0.1, 0.15) is 52.2 Å². The maximum absolute atomic E-state index is 4.30. The molecule has 1 N–H and O–H groups in total. The molecule has 0 amide bonds. The molecule has 0 aliphatic rings. The summed E-state index contributed by atoms with van der Waals surface area (Å²) in [6.07, 6.45) is 2.09. The number of hydrogen-bond acceptors (Lipinski definition) is 4. The summed E-state index contributed by atoms with van der Waals surface area (Å²) in [5.41, 5.74) is 6.47. The van der Waals surface area contributed by atoms with E-state index < -0.39 is 0 Å². The first-order valence-electron chi connectivity index (χ1n) is 7.14. The average molecular weight is 289 g/mol. The summed E-state index contributed by atoms with van der Waals surface area (Å²) in [6, 6.07) is 4.75. The molecule has 1 heterocycles. The van der Waals surface area contributed by atoms with Gasteiger partial charge in [-0.1, -0.05) is 30.0 Å². The number of nitrogens with zero attached hydrogens (tertiary/aromatic N) is 2. The van der Waals surface area contributed by atoms with Crippen molar-refractivity contribution in [2.45, 2.75) is 46.6 Å². The summed E-state index contributed by atoms with van der Waals surface area (Å²) in [5.74, 6) is 0. The molecule has 1 atom stereocenters. The Labute approximate surface area is 125 Å². The first-order valence-corrected chi connectivity index (χ1v) is 7.92. The molecule has 0 spiro atoms. The molecule has 0 radical (unpaired) electrons. The predicted octanol–water partition coefficient (Wildman–Crippen LogP) is 3.72. The smallest absolute Gasteiger partial charge is 0.0807 e. The highest BCUT2D eigenvalue weighted by Gasteiger charge is 2.21. The zero-order valence-corrected chi connectivity index (χ0v) is 13.8. The minimum atomic E-state index is 0.191. The fraction of sp³-hybridized carbons (Fsp3) is 0.500. The predicted molar refractivity (Wildman–Crippen MR) is 85.5 cm³/mol. The van der Waals surface area contributed by atoms with E-state index in [1.54, 1.807) is 0 Å². The molecule has 1 aromatic carbocycles. The number of nitrogens with one attached hydrogen (secondary N) is 1. The van der Waals surface area contributed by atoms with Crippen LogP contribution < -0.4 is 5.32 Å². The maximum atomic E-state index is 4.30. The van der Waals surface area contributed by atoms with Crippen molar-refractivity contribution >= 4 is 11.5 Å². The van der Waals surface area contributed by atoms with Crippen molar-refractivity contribution in [2.75, 3.05) is 7.05 Å². The van der Waals surface area contributed by atoms with Gasteiger partial charge in [0.05, 0.1) is 16.6 Å². The second kappa shape index (κ2) is 6.46. The molecule has 1 aromatic heterocycles. The lowest BCUT2D eigenvalue weighted by molar-refractivity contribution is 0.683. The first kappa shape index (κ1) is 15.1. The molecule has 0 bridgehead atoms. The summed E-state index contributed by atoms with van der Waals surface area (Å²) >= 11 is 1.51. The van der Waals surface area contributed by atoms with Gasteiger partial charge in [0.25, 0.3) is 0 Å². The number of hydrogen-bond donors (Lipinski definition) is 1. The minimum absolute atomic E-state index is 0.191. The highest BCUT2D eigenvalue weighted by molar-refractivity contribution is 7.05. The van der Waals surface area contributed by atoms with Crippen LogP contribution in [0.5, 0.6) is 0 Å². The Hall–Kier alpha value is -1.26. The van der Waals surface area contributed by atoms with Gasteiger partial charge < -0.3 is 5.32 Å². The van der Waals surface area contributed by atoms with Crippen LogP contribution in [0.3, 0.4) is 0 Å². The van der Waals surface area contributed by atoms with Crippen LogP contribution in [0.25, 0.3) is 0 Å².